The topological polar surface area (TPSA) is 58.6 Å². The lowest BCUT2D eigenvalue weighted by Crippen LogP contribution is -2.42. The first-order valence-electron chi connectivity index (χ1n) is 10.1. The number of rotatable bonds is 4. The van der Waals surface area contributed by atoms with Gasteiger partial charge in [-0.15, -0.1) is 0 Å². The van der Waals surface area contributed by atoms with E-state index in [0.29, 0.717) is 18.8 Å². The second-order valence-electron chi connectivity index (χ2n) is 7.70. The molecule has 2 amide bonds. The molecule has 0 aliphatic carbocycles. The summed E-state index contributed by atoms with van der Waals surface area (Å²) >= 11 is 0. The summed E-state index contributed by atoms with van der Waals surface area (Å²) in [4.78, 5) is 27.3. The lowest BCUT2D eigenvalue weighted by molar-refractivity contribution is -0.127. The van der Waals surface area contributed by atoms with Crippen LogP contribution in [0, 0.1) is 5.82 Å². The zero-order chi connectivity index (χ0) is 20.4. The van der Waals surface area contributed by atoms with Crippen LogP contribution in [0.5, 0.6) is 0 Å². The maximum atomic E-state index is 13.0. The Balaban J connectivity index is 1.50. The van der Waals surface area contributed by atoms with Crippen LogP contribution in [0.4, 0.5) is 15.8 Å². The van der Waals surface area contributed by atoms with E-state index in [2.05, 4.69) is 5.32 Å². The number of benzene rings is 2. The van der Waals surface area contributed by atoms with E-state index in [1.54, 1.807) is 12.1 Å². The zero-order valence-electron chi connectivity index (χ0n) is 16.5. The van der Waals surface area contributed by atoms with E-state index in [4.69, 9.17) is 4.74 Å². The van der Waals surface area contributed by atoms with Gasteiger partial charge in [0.15, 0.2) is 0 Å². The number of ether oxygens (including phenoxy) is 1. The van der Waals surface area contributed by atoms with Crippen molar-refractivity contribution >= 4 is 23.2 Å². The predicted molar refractivity (Wildman–Crippen MR) is 110 cm³/mol. The number of aryl methyl sites for hydroxylation is 1. The Morgan fingerprint density at radius 1 is 1.17 bits per heavy atom. The Morgan fingerprint density at radius 3 is 2.69 bits per heavy atom. The molecule has 0 saturated carbocycles. The molecule has 1 saturated heterocycles. The quantitative estimate of drug-likeness (QED) is 0.849. The maximum absolute atomic E-state index is 13.0. The van der Waals surface area contributed by atoms with E-state index in [0.717, 1.165) is 42.5 Å². The minimum absolute atomic E-state index is 0.0401. The van der Waals surface area contributed by atoms with Gasteiger partial charge in [0.2, 0.25) is 5.91 Å². The highest BCUT2D eigenvalue weighted by Crippen LogP contribution is 2.32. The molecule has 1 unspecified atom stereocenters. The fourth-order valence-electron chi connectivity index (χ4n) is 4.00. The molecule has 0 spiro atoms. The summed E-state index contributed by atoms with van der Waals surface area (Å²) in [5.41, 5.74) is 3.47. The molecule has 2 aliphatic heterocycles. The molecule has 2 aromatic rings. The molecule has 0 bridgehead atoms. The zero-order valence-corrected chi connectivity index (χ0v) is 16.5. The predicted octanol–water partition coefficient (Wildman–Crippen LogP) is 4.03. The van der Waals surface area contributed by atoms with Crippen molar-refractivity contribution in [2.24, 2.45) is 0 Å². The van der Waals surface area contributed by atoms with Crippen LogP contribution in [0.15, 0.2) is 42.5 Å². The molecule has 29 heavy (non-hydrogen) atoms. The molecular weight excluding hydrogens is 371 g/mol. The number of amides is 2. The Bertz CT molecular complexity index is 907. The minimum atomic E-state index is -0.366. The summed E-state index contributed by atoms with van der Waals surface area (Å²) in [6, 6.07) is 11.6. The number of nitrogens with zero attached hydrogens (tertiary/aromatic N) is 1. The smallest absolute Gasteiger partial charge is 0.256 e. The second kappa shape index (κ2) is 8.33. The summed E-state index contributed by atoms with van der Waals surface area (Å²) in [5, 5.41) is 2.82. The molecule has 5 nitrogen and oxygen atoms in total. The SMILES string of the molecule is CC(C(=O)Nc1ccc(F)cc1)c1ccc2c(c1)CCCN2C(=O)[C@@H]1CCCO1. The lowest BCUT2D eigenvalue weighted by Gasteiger charge is -2.31. The van der Waals surface area contributed by atoms with Crippen LogP contribution >= 0.6 is 0 Å². The number of anilines is 2. The Labute approximate surface area is 169 Å². The van der Waals surface area contributed by atoms with Gasteiger partial charge in [0.05, 0.1) is 5.92 Å². The highest BCUT2D eigenvalue weighted by Gasteiger charge is 2.31. The Hall–Kier alpha value is -2.73. The van der Waals surface area contributed by atoms with Gasteiger partial charge in [-0.1, -0.05) is 12.1 Å². The first-order valence-corrected chi connectivity index (χ1v) is 10.1. The van der Waals surface area contributed by atoms with Crippen molar-refractivity contribution in [1.29, 1.82) is 0 Å². The number of nitrogens with one attached hydrogen (secondary N) is 1. The lowest BCUT2D eigenvalue weighted by atomic mass is 9.93. The molecule has 1 fully saturated rings. The fourth-order valence-corrected chi connectivity index (χ4v) is 4.00. The van der Waals surface area contributed by atoms with Crippen molar-refractivity contribution in [1.82, 2.24) is 0 Å². The molecule has 0 aromatic heterocycles. The van der Waals surface area contributed by atoms with Crippen molar-refractivity contribution in [2.45, 2.75) is 44.6 Å². The number of carbonyl (C=O) groups excluding carboxylic acids is 2. The molecule has 6 heteroatoms. The van der Waals surface area contributed by atoms with Gasteiger partial charge in [0.1, 0.15) is 11.9 Å². The maximum Gasteiger partial charge on any atom is 0.256 e. The average Bonchev–Trinajstić information content (AvgIpc) is 3.28. The van der Waals surface area contributed by atoms with Gasteiger partial charge in [-0.3, -0.25) is 9.59 Å². The molecule has 2 aromatic carbocycles. The molecule has 1 N–H and O–H groups in total. The number of fused-ring (bicyclic) bond motifs is 1. The first kappa shape index (κ1) is 19.6. The van der Waals surface area contributed by atoms with E-state index < -0.39 is 0 Å². The van der Waals surface area contributed by atoms with Crippen molar-refractivity contribution in [2.75, 3.05) is 23.4 Å². The Morgan fingerprint density at radius 2 is 1.97 bits per heavy atom. The molecule has 2 aliphatic rings. The van der Waals surface area contributed by atoms with Crippen LogP contribution in [0.3, 0.4) is 0 Å². The van der Waals surface area contributed by atoms with Gasteiger partial charge >= 0.3 is 0 Å². The minimum Gasteiger partial charge on any atom is -0.368 e. The number of hydrogen-bond acceptors (Lipinski definition) is 3. The summed E-state index contributed by atoms with van der Waals surface area (Å²) in [7, 11) is 0. The third-order valence-corrected chi connectivity index (χ3v) is 5.70. The third-order valence-electron chi connectivity index (χ3n) is 5.70. The van der Waals surface area contributed by atoms with Crippen LogP contribution in [0.1, 0.15) is 43.2 Å². The summed E-state index contributed by atoms with van der Waals surface area (Å²) in [6.07, 6.45) is 3.15. The fraction of sp³-hybridized carbons (Fsp3) is 0.391. The first-order chi connectivity index (χ1) is 14.0. The van der Waals surface area contributed by atoms with Crippen LogP contribution in [0.2, 0.25) is 0 Å². The van der Waals surface area contributed by atoms with Crippen molar-refractivity contribution in [3.8, 4) is 0 Å². The molecule has 152 valence electrons. The average molecular weight is 396 g/mol. The summed E-state index contributed by atoms with van der Waals surface area (Å²) < 4.78 is 18.6. The van der Waals surface area contributed by atoms with Crippen molar-refractivity contribution < 1.29 is 18.7 Å². The molecule has 0 radical (unpaired) electrons. The van der Waals surface area contributed by atoms with Crippen LogP contribution in [0.25, 0.3) is 0 Å². The highest BCUT2D eigenvalue weighted by atomic mass is 19.1. The molecule has 2 atom stereocenters. The van der Waals surface area contributed by atoms with Crippen LogP contribution < -0.4 is 10.2 Å². The van der Waals surface area contributed by atoms with Crippen LogP contribution in [-0.4, -0.2) is 31.1 Å². The normalized spacial score (nSPS) is 19.5. The Kier molecular flexibility index (Phi) is 5.62. The summed E-state index contributed by atoms with van der Waals surface area (Å²) in [5.74, 6) is -0.819. The third kappa shape index (κ3) is 4.17. The highest BCUT2D eigenvalue weighted by molar-refractivity contribution is 5.98. The van der Waals surface area contributed by atoms with E-state index in [1.165, 1.54) is 12.1 Å². The second-order valence-corrected chi connectivity index (χ2v) is 7.70. The van der Waals surface area contributed by atoms with E-state index in [9.17, 15) is 14.0 Å². The molecule has 4 rings (SSSR count). The largest absolute Gasteiger partial charge is 0.368 e. The molecular formula is C23H25FN2O3. The monoisotopic (exact) mass is 396 g/mol. The van der Waals surface area contributed by atoms with Crippen LogP contribution in [-0.2, 0) is 20.7 Å². The number of carbonyl (C=O) groups is 2. The number of halogens is 1. The summed E-state index contributed by atoms with van der Waals surface area (Å²) in [6.45, 7) is 3.20. The van der Waals surface area contributed by atoms with Gasteiger partial charge in [0.25, 0.3) is 5.91 Å². The van der Waals surface area contributed by atoms with Gasteiger partial charge < -0.3 is 15.0 Å². The van der Waals surface area contributed by atoms with E-state index in [1.807, 2.05) is 30.0 Å². The van der Waals surface area contributed by atoms with E-state index in [-0.39, 0.29) is 29.7 Å². The van der Waals surface area contributed by atoms with E-state index >= 15 is 0 Å². The molecule has 2 heterocycles. The van der Waals surface area contributed by atoms with Gasteiger partial charge in [0, 0.05) is 24.5 Å². The van der Waals surface area contributed by atoms with Crippen molar-refractivity contribution in [3.05, 3.63) is 59.4 Å². The van der Waals surface area contributed by atoms with Crippen molar-refractivity contribution in [3.63, 3.8) is 0 Å². The van der Waals surface area contributed by atoms with Gasteiger partial charge in [-0.2, -0.15) is 0 Å². The number of hydrogen-bond donors (Lipinski definition) is 1. The van der Waals surface area contributed by atoms with Gasteiger partial charge in [-0.05, 0) is 74.1 Å². The standard InChI is InChI=1S/C23H25FN2O3/c1-15(22(27)25-19-9-7-18(24)8-10-19)16-6-11-20-17(14-16)4-2-12-26(20)23(28)21-5-3-13-29-21/h6-11,14-15,21H,2-5,12-13H2,1H3,(H,25,27)/t15?,21-/m0/s1. The van der Waals surface area contributed by atoms with Gasteiger partial charge in [-0.25, -0.2) is 4.39 Å².